The molecule has 1 aromatic rings. The van der Waals surface area contributed by atoms with Gasteiger partial charge in [-0.1, -0.05) is 12.8 Å². The molecule has 1 aliphatic carbocycles. The summed E-state index contributed by atoms with van der Waals surface area (Å²) >= 11 is 0.302. The SMILES string of the molecule is O=C(NC(CC1CC1)C(=O)O)c1csc(C(F)(F)F)n1. The third kappa shape index (κ3) is 3.69. The first-order valence-corrected chi connectivity index (χ1v) is 6.71. The van der Waals surface area contributed by atoms with Crippen molar-refractivity contribution in [1.29, 1.82) is 0 Å². The van der Waals surface area contributed by atoms with Gasteiger partial charge in [-0.15, -0.1) is 11.3 Å². The smallest absolute Gasteiger partial charge is 0.443 e. The van der Waals surface area contributed by atoms with Crippen LogP contribution in [0.1, 0.15) is 34.8 Å². The maximum absolute atomic E-state index is 12.4. The highest BCUT2D eigenvalue weighted by Gasteiger charge is 2.36. The second kappa shape index (κ2) is 5.39. The summed E-state index contributed by atoms with van der Waals surface area (Å²) in [6.07, 6.45) is -2.50. The molecule has 5 nitrogen and oxygen atoms in total. The molecule has 20 heavy (non-hydrogen) atoms. The Morgan fingerprint density at radius 1 is 1.50 bits per heavy atom. The zero-order chi connectivity index (χ0) is 14.9. The minimum atomic E-state index is -4.61. The van der Waals surface area contributed by atoms with E-state index in [1.807, 2.05) is 0 Å². The third-order valence-electron chi connectivity index (χ3n) is 2.85. The number of carbonyl (C=O) groups is 2. The lowest BCUT2D eigenvalue weighted by atomic mass is 10.1. The summed E-state index contributed by atoms with van der Waals surface area (Å²) in [7, 11) is 0. The summed E-state index contributed by atoms with van der Waals surface area (Å²) in [6, 6.07) is -1.09. The fourth-order valence-electron chi connectivity index (χ4n) is 1.65. The first-order valence-electron chi connectivity index (χ1n) is 5.83. The van der Waals surface area contributed by atoms with Crippen molar-refractivity contribution in [1.82, 2.24) is 10.3 Å². The van der Waals surface area contributed by atoms with Gasteiger partial charge in [-0.25, -0.2) is 9.78 Å². The van der Waals surface area contributed by atoms with Crippen molar-refractivity contribution >= 4 is 23.2 Å². The normalized spacial score (nSPS) is 16.8. The van der Waals surface area contributed by atoms with Gasteiger partial charge in [0.05, 0.1) is 0 Å². The number of carbonyl (C=O) groups excluding carboxylic acids is 1. The van der Waals surface area contributed by atoms with Crippen LogP contribution in [0.15, 0.2) is 5.38 Å². The predicted octanol–water partition coefficient (Wildman–Crippen LogP) is 2.15. The first kappa shape index (κ1) is 14.8. The molecule has 110 valence electrons. The molecule has 0 aliphatic heterocycles. The van der Waals surface area contributed by atoms with E-state index in [0.29, 0.717) is 11.3 Å². The molecule has 9 heteroatoms. The average Bonchev–Trinajstić information content (AvgIpc) is 2.99. The van der Waals surface area contributed by atoms with E-state index in [1.165, 1.54) is 0 Å². The Balaban J connectivity index is 2.02. The number of alkyl halides is 3. The lowest BCUT2D eigenvalue weighted by molar-refractivity contribution is -0.140. The van der Waals surface area contributed by atoms with Crippen molar-refractivity contribution < 1.29 is 27.9 Å². The molecule has 1 aromatic heterocycles. The molecule has 0 aromatic carbocycles. The van der Waals surface area contributed by atoms with Crippen molar-refractivity contribution in [3.05, 3.63) is 16.1 Å². The summed E-state index contributed by atoms with van der Waals surface area (Å²) in [5, 5.41) is 11.0. The highest BCUT2D eigenvalue weighted by molar-refractivity contribution is 7.09. The van der Waals surface area contributed by atoms with E-state index in [9.17, 15) is 22.8 Å². The summed E-state index contributed by atoms with van der Waals surface area (Å²) in [4.78, 5) is 25.9. The van der Waals surface area contributed by atoms with Gasteiger partial charge in [0.25, 0.3) is 5.91 Å². The molecule has 0 spiro atoms. The van der Waals surface area contributed by atoms with E-state index >= 15 is 0 Å². The van der Waals surface area contributed by atoms with Gasteiger partial charge in [0, 0.05) is 5.38 Å². The van der Waals surface area contributed by atoms with Crippen LogP contribution in [0.2, 0.25) is 0 Å². The van der Waals surface area contributed by atoms with E-state index in [1.54, 1.807) is 0 Å². The van der Waals surface area contributed by atoms with Crippen LogP contribution in [0.25, 0.3) is 0 Å². The number of amides is 1. The number of halogens is 3. The van der Waals surface area contributed by atoms with Gasteiger partial charge in [0.15, 0.2) is 5.01 Å². The fraction of sp³-hybridized carbons (Fsp3) is 0.545. The Kier molecular flexibility index (Phi) is 3.98. The first-order chi connectivity index (χ1) is 9.27. The van der Waals surface area contributed by atoms with Crippen LogP contribution >= 0.6 is 11.3 Å². The number of aliphatic carboxylic acids is 1. The van der Waals surface area contributed by atoms with E-state index in [-0.39, 0.29) is 12.3 Å². The summed E-state index contributed by atoms with van der Waals surface area (Å²) in [5.74, 6) is -1.83. The number of hydrogen-bond acceptors (Lipinski definition) is 4. The minimum Gasteiger partial charge on any atom is -0.480 e. The summed E-state index contributed by atoms with van der Waals surface area (Å²) < 4.78 is 37.1. The van der Waals surface area contributed by atoms with Crippen molar-refractivity contribution in [3.8, 4) is 0 Å². The van der Waals surface area contributed by atoms with E-state index in [2.05, 4.69) is 10.3 Å². The lowest BCUT2D eigenvalue weighted by Gasteiger charge is -2.12. The molecule has 0 saturated heterocycles. The average molecular weight is 308 g/mol. The van der Waals surface area contributed by atoms with Crippen LogP contribution in [-0.2, 0) is 11.0 Å². The molecule has 1 heterocycles. The number of nitrogens with one attached hydrogen (secondary N) is 1. The van der Waals surface area contributed by atoms with E-state index in [0.717, 1.165) is 18.2 Å². The summed E-state index contributed by atoms with van der Waals surface area (Å²) in [6.45, 7) is 0. The van der Waals surface area contributed by atoms with Crippen LogP contribution in [-0.4, -0.2) is 28.0 Å². The van der Waals surface area contributed by atoms with Crippen molar-refractivity contribution in [2.75, 3.05) is 0 Å². The molecule has 1 amide bonds. The van der Waals surface area contributed by atoms with Crippen LogP contribution in [0.3, 0.4) is 0 Å². The van der Waals surface area contributed by atoms with Gasteiger partial charge >= 0.3 is 12.1 Å². The lowest BCUT2D eigenvalue weighted by Crippen LogP contribution is -2.41. The topological polar surface area (TPSA) is 79.3 Å². The zero-order valence-electron chi connectivity index (χ0n) is 10.1. The fourth-order valence-corrected chi connectivity index (χ4v) is 2.32. The second-order valence-corrected chi connectivity index (χ2v) is 5.44. The largest absolute Gasteiger partial charge is 0.480 e. The van der Waals surface area contributed by atoms with Gasteiger partial charge in [-0.3, -0.25) is 4.79 Å². The van der Waals surface area contributed by atoms with Crippen molar-refractivity contribution in [3.63, 3.8) is 0 Å². The molecule has 2 N–H and O–H groups in total. The number of carboxylic acid groups (broad SMARTS) is 1. The number of rotatable bonds is 5. The number of carboxylic acids is 1. The standard InChI is InChI=1S/C11H11F3N2O3S/c12-11(13,14)10-16-7(4-20-10)8(17)15-6(9(18)19)3-5-1-2-5/h4-6H,1-3H2,(H,15,17)(H,18,19). The summed E-state index contributed by atoms with van der Waals surface area (Å²) in [5.41, 5.74) is -0.413. The van der Waals surface area contributed by atoms with Gasteiger partial charge in [-0.05, 0) is 12.3 Å². The maximum Gasteiger partial charge on any atom is 0.443 e. The highest BCUT2D eigenvalue weighted by atomic mass is 32.1. The van der Waals surface area contributed by atoms with E-state index < -0.39 is 34.8 Å². The second-order valence-electron chi connectivity index (χ2n) is 4.58. The van der Waals surface area contributed by atoms with Gasteiger partial charge < -0.3 is 10.4 Å². The van der Waals surface area contributed by atoms with Crippen molar-refractivity contribution in [2.45, 2.75) is 31.5 Å². The van der Waals surface area contributed by atoms with Crippen LogP contribution in [0.5, 0.6) is 0 Å². The van der Waals surface area contributed by atoms with Gasteiger partial charge in [-0.2, -0.15) is 13.2 Å². The number of nitrogens with zero attached hydrogens (tertiary/aromatic N) is 1. The zero-order valence-corrected chi connectivity index (χ0v) is 10.9. The molecular weight excluding hydrogens is 297 g/mol. The maximum atomic E-state index is 12.4. The number of hydrogen-bond donors (Lipinski definition) is 2. The van der Waals surface area contributed by atoms with Gasteiger partial charge in [0.1, 0.15) is 11.7 Å². The van der Waals surface area contributed by atoms with Crippen molar-refractivity contribution in [2.24, 2.45) is 5.92 Å². The van der Waals surface area contributed by atoms with Gasteiger partial charge in [0.2, 0.25) is 0 Å². The highest BCUT2D eigenvalue weighted by Crippen LogP contribution is 2.34. The van der Waals surface area contributed by atoms with Crippen LogP contribution < -0.4 is 5.32 Å². The quantitative estimate of drug-likeness (QED) is 0.873. The van der Waals surface area contributed by atoms with E-state index in [4.69, 9.17) is 5.11 Å². The Morgan fingerprint density at radius 2 is 2.15 bits per heavy atom. The molecular formula is C11H11F3N2O3S. The number of thiazole rings is 1. The Morgan fingerprint density at radius 3 is 2.60 bits per heavy atom. The molecule has 2 rings (SSSR count). The monoisotopic (exact) mass is 308 g/mol. The molecule has 1 unspecified atom stereocenters. The Labute approximate surface area is 115 Å². The third-order valence-corrected chi connectivity index (χ3v) is 3.74. The minimum absolute atomic E-state index is 0.262. The molecule has 1 saturated carbocycles. The van der Waals surface area contributed by atoms with Crippen LogP contribution in [0, 0.1) is 5.92 Å². The molecule has 1 aliphatic rings. The molecule has 0 bridgehead atoms. The predicted molar refractivity (Wildman–Crippen MR) is 63.3 cm³/mol. The molecule has 1 atom stereocenters. The van der Waals surface area contributed by atoms with Crippen LogP contribution in [0.4, 0.5) is 13.2 Å². The number of aromatic nitrogens is 1. The molecule has 0 radical (unpaired) electrons. The molecule has 1 fully saturated rings. The Bertz CT molecular complexity index is 525. The Hall–Kier alpha value is -1.64.